The van der Waals surface area contributed by atoms with Crippen LogP contribution >= 0.6 is 0 Å². The van der Waals surface area contributed by atoms with Gasteiger partial charge < -0.3 is 14.8 Å². The van der Waals surface area contributed by atoms with Crippen molar-refractivity contribution in [2.24, 2.45) is 0 Å². The van der Waals surface area contributed by atoms with Crippen molar-refractivity contribution in [3.05, 3.63) is 59.2 Å². The summed E-state index contributed by atoms with van der Waals surface area (Å²) >= 11 is 0. The fourth-order valence-electron chi connectivity index (χ4n) is 3.32. The summed E-state index contributed by atoms with van der Waals surface area (Å²) in [6.07, 6.45) is 0. The molecule has 0 saturated carbocycles. The summed E-state index contributed by atoms with van der Waals surface area (Å²) < 4.78 is 38.2. The van der Waals surface area contributed by atoms with Gasteiger partial charge in [-0.1, -0.05) is 30.3 Å². The van der Waals surface area contributed by atoms with Crippen molar-refractivity contribution in [2.75, 3.05) is 40.4 Å². The molecule has 1 heterocycles. The molecule has 1 aliphatic rings. The van der Waals surface area contributed by atoms with Crippen molar-refractivity contribution < 1.29 is 17.9 Å². The van der Waals surface area contributed by atoms with Crippen molar-refractivity contribution in [3.63, 3.8) is 0 Å². The van der Waals surface area contributed by atoms with E-state index < -0.39 is 10.0 Å². The fourth-order valence-corrected chi connectivity index (χ4v) is 4.43. The van der Waals surface area contributed by atoms with Gasteiger partial charge in [0.25, 0.3) is 0 Å². The van der Waals surface area contributed by atoms with Crippen LogP contribution in [-0.2, 0) is 28.9 Å². The van der Waals surface area contributed by atoms with E-state index in [1.807, 2.05) is 24.3 Å². The molecule has 0 unspecified atom stereocenters. The highest BCUT2D eigenvalue weighted by Crippen LogP contribution is 2.24. The number of nitrogens with one attached hydrogen (secondary N) is 2. The molecule has 0 aromatic heterocycles. The van der Waals surface area contributed by atoms with E-state index in [1.54, 1.807) is 32.4 Å². The third kappa shape index (κ3) is 6.43. The minimum absolute atomic E-state index is 0.0562. The Hall–Kier alpha value is -2.13. The van der Waals surface area contributed by atoms with Crippen LogP contribution in [0.3, 0.4) is 0 Å². The Labute approximate surface area is 173 Å². The monoisotopic (exact) mass is 419 g/mol. The molecule has 7 nitrogen and oxygen atoms in total. The standard InChI is InChI=1S/C21H29N3O4S/c1-27-20-8-7-19(21(13-20)28-2)14-23-29(25,26)16-18-5-3-17(4-6-18)15-24-11-9-22-10-12-24/h3-8,13,22-23H,9-12,14-16H2,1-2H3. The zero-order chi connectivity index (χ0) is 20.7. The maximum Gasteiger partial charge on any atom is 0.216 e. The third-order valence-electron chi connectivity index (χ3n) is 4.97. The molecule has 158 valence electrons. The molecule has 3 rings (SSSR count). The lowest BCUT2D eigenvalue weighted by atomic mass is 10.1. The first kappa shape index (κ1) is 21.6. The van der Waals surface area contributed by atoms with Gasteiger partial charge in [0, 0.05) is 50.9 Å². The summed E-state index contributed by atoms with van der Waals surface area (Å²) in [5, 5.41) is 3.34. The van der Waals surface area contributed by atoms with Gasteiger partial charge in [-0.3, -0.25) is 4.90 Å². The highest BCUT2D eigenvalue weighted by molar-refractivity contribution is 7.88. The number of ether oxygens (including phenoxy) is 2. The minimum atomic E-state index is -3.47. The molecule has 0 aliphatic carbocycles. The molecule has 2 N–H and O–H groups in total. The Balaban J connectivity index is 1.56. The predicted octanol–water partition coefficient (Wildman–Crippen LogP) is 1.73. The minimum Gasteiger partial charge on any atom is -0.497 e. The summed E-state index contributed by atoms with van der Waals surface area (Å²) in [5.74, 6) is 1.19. The Kier molecular flexibility index (Phi) is 7.49. The fraction of sp³-hybridized carbons (Fsp3) is 0.429. The molecular formula is C21H29N3O4S. The first-order chi connectivity index (χ1) is 14.0. The second kappa shape index (κ2) is 10.1. The number of sulfonamides is 1. The van der Waals surface area contributed by atoms with Crippen molar-refractivity contribution in [1.82, 2.24) is 14.9 Å². The molecule has 2 aromatic carbocycles. The molecule has 2 aromatic rings. The van der Waals surface area contributed by atoms with Crippen molar-refractivity contribution in [2.45, 2.75) is 18.8 Å². The molecular weight excluding hydrogens is 390 g/mol. The van der Waals surface area contributed by atoms with Crippen LogP contribution in [0.2, 0.25) is 0 Å². The third-order valence-corrected chi connectivity index (χ3v) is 6.27. The van der Waals surface area contributed by atoms with E-state index in [2.05, 4.69) is 14.9 Å². The number of hydrogen-bond donors (Lipinski definition) is 2. The van der Waals surface area contributed by atoms with Gasteiger partial charge in [-0.2, -0.15) is 0 Å². The summed E-state index contributed by atoms with van der Waals surface area (Å²) in [5.41, 5.74) is 2.72. The van der Waals surface area contributed by atoms with Gasteiger partial charge in [0.1, 0.15) is 11.5 Å². The van der Waals surface area contributed by atoms with Crippen LogP contribution in [0, 0.1) is 0 Å². The van der Waals surface area contributed by atoms with E-state index in [4.69, 9.17) is 9.47 Å². The Bertz CT molecular complexity index is 895. The van der Waals surface area contributed by atoms with Crippen LogP contribution in [0.25, 0.3) is 0 Å². The number of benzene rings is 2. The molecule has 1 saturated heterocycles. The topological polar surface area (TPSA) is 79.9 Å². The van der Waals surface area contributed by atoms with Crippen LogP contribution in [0.1, 0.15) is 16.7 Å². The van der Waals surface area contributed by atoms with Gasteiger partial charge in [-0.25, -0.2) is 13.1 Å². The van der Waals surface area contributed by atoms with E-state index in [1.165, 1.54) is 5.56 Å². The van der Waals surface area contributed by atoms with Gasteiger partial charge in [0.15, 0.2) is 0 Å². The molecule has 0 bridgehead atoms. The second-order valence-corrected chi connectivity index (χ2v) is 8.91. The summed E-state index contributed by atoms with van der Waals surface area (Å²) in [6, 6.07) is 13.1. The van der Waals surface area contributed by atoms with Gasteiger partial charge in [0.2, 0.25) is 10.0 Å². The normalized spacial score (nSPS) is 15.2. The van der Waals surface area contributed by atoms with Crippen LogP contribution in [0.15, 0.2) is 42.5 Å². The van der Waals surface area contributed by atoms with Gasteiger partial charge in [-0.15, -0.1) is 0 Å². The quantitative estimate of drug-likeness (QED) is 0.644. The van der Waals surface area contributed by atoms with E-state index in [-0.39, 0.29) is 12.3 Å². The molecule has 1 aliphatic heterocycles. The first-order valence-corrected chi connectivity index (χ1v) is 11.3. The summed E-state index contributed by atoms with van der Waals surface area (Å²) in [6.45, 7) is 5.16. The van der Waals surface area contributed by atoms with E-state index in [9.17, 15) is 8.42 Å². The molecule has 0 spiro atoms. The lowest BCUT2D eigenvalue weighted by molar-refractivity contribution is 0.233. The van der Waals surface area contributed by atoms with Crippen molar-refractivity contribution in [1.29, 1.82) is 0 Å². The highest BCUT2D eigenvalue weighted by atomic mass is 32.2. The average molecular weight is 420 g/mol. The van der Waals surface area contributed by atoms with Crippen LogP contribution in [0.5, 0.6) is 11.5 Å². The SMILES string of the molecule is COc1ccc(CNS(=O)(=O)Cc2ccc(CN3CCNCC3)cc2)c(OC)c1. The predicted molar refractivity (Wildman–Crippen MR) is 114 cm³/mol. The Morgan fingerprint density at radius 3 is 2.34 bits per heavy atom. The smallest absolute Gasteiger partial charge is 0.216 e. The van der Waals surface area contributed by atoms with Crippen LogP contribution in [-0.4, -0.2) is 53.7 Å². The molecule has 1 fully saturated rings. The zero-order valence-electron chi connectivity index (χ0n) is 17.0. The van der Waals surface area contributed by atoms with E-state index in [0.29, 0.717) is 11.5 Å². The number of methoxy groups -OCH3 is 2. The average Bonchev–Trinajstić information content (AvgIpc) is 2.74. The van der Waals surface area contributed by atoms with E-state index >= 15 is 0 Å². The highest BCUT2D eigenvalue weighted by Gasteiger charge is 2.14. The largest absolute Gasteiger partial charge is 0.497 e. The summed E-state index contributed by atoms with van der Waals surface area (Å²) in [4.78, 5) is 2.39. The number of hydrogen-bond acceptors (Lipinski definition) is 6. The molecule has 0 amide bonds. The second-order valence-electron chi connectivity index (χ2n) is 7.10. The van der Waals surface area contributed by atoms with Crippen LogP contribution < -0.4 is 19.5 Å². The van der Waals surface area contributed by atoms with Crippen LogP contribution in [0.4, 0.5) is 0 Å². The number of nitrogens with zero attached hydrogens (tertiary/aromatic N) is 1. The number of rotatable bonds is 9. The van der Waals surface area contributed by atoms with Gasteiger partial charge in [0.05, 0.1) is 20.0 Å². The maximum atomic E-state index is 12.5. The zero-order valence-corrected chi connectivity index (χ0v) is 17.8. The molecule has 0 radical (unpaired) electrons. The summed E-state index contributed by atoms with van der Waals surface area (Å²) in [7, 11) is -0.343. The lowest BCUT2D eigenvalue weighted by Crippen LogP contribution is -2.42. The first-order valence-electron chi connectivity index (χ1n) is 9.68. The maximum absolute atomic E-state index is 12.5. The van der Waals surface area contributed by atoms with Gasteiger partial charge >= 0.3 is 0 Å². The number of piperazine rings is 1. The van der Waals surface area contributed by atoms with Crippen molar-refractivity contribution >= 4 is 10.0 Å². The Morgan fingerprint density at radius 1 is 1.00 bits per heavy atom. The van der Waals surface area contributed by atoms with Crippen molar-refractivity contribution in [3.8, 4) is 11.5 Å². The van der Waals surface area contributed by atoms with Gasteiger partial charge in [-0.05, 0) is 17.2 Å². The molecule has 29 heavy (non-hydrogen) atoms. The lowest BCUT2D eigenvalue weighted by Gasteiger charge is -2.27. The van der Waals surface area contributed by atoms with E-state index in [0.717, 1.165) is 43.9 Å². The molecule has 0 atom stereocenters. The molecule has 8 heteroatoms. The Morgan fingerprint density at radius 2 is 1.69 bits per heavy atom.